The van der Waals surface area contributed by atoms with Gasteiger partial charge in [0, 0.05) is 12.8 Å². The van der Waals surface area contributed by atoms with Crippen LogP contribution in [0.25, 0.3) is 0 Å². The van der Waals surface area contributed by atoms with Gasteiger partial charge in [0.15, 0.2) is 0 Å². The van der Waals surface area contributed by atoms with Gasteiger partial charge in [0.25, 0.3) is 0 Å². The Balaban J connectivity index is 4.94. The summed E-state index contributed by atoms with van der Waals surface area (Å²) < 4.78 is 30.9. The van der Waals surface area contributed by atoms with E-state index in [9.17, 15) is 19.0 Å². The molecule has 0 heterocycles. The van der Waals surface area contributed by atoms with Crippen molar-refractivity contribution in [3.63, 3.8) is 0 Å². The summed E-state index contributed by atoms with van der Waals surface area (Å²) in [6, 6.07) is -0.855. The van der Waals surface area contributed by atoms with Crippen LogP contribution >= 0.6 is 7.82 Å². The number of carbonyl (C=O) groups excluding carboxylic acids is 2. The van der Waals surface area contributed by atoms with E-state index in [2.05, 4.69) is 99.0 Å². The zero-order valence-corrected chi connectivity index (χ0v) is 60.3. The molecule has 0 aliphatic rings. The molecule has 2 N–H and O–H groups in total. The molecule has 0 aromatic heterocycles. The molecule has 518 valence electrons. The average Bonchev–Trinajstić information content (AvgIpc) is 3.62. The van der Waals surface area contributed by atoms with Gasteiger partial charge in [-0.3, -0.25) is 18.6 Å². The van der Waals surface area contributed by atoms with Crippen molar-refractivity contribution in [1.29, 1.82) is 0 Å². The molecular formula is C79H146N2O7P+. The molecule has 0 fully saturated rings. The van der Waals surface area contributed by atoms with Crippen LogP contribution in [0.15, 0.2) is 85.1 Å². The van der Waals surface area contributed by atoms with E-state index in [1.54, 1.807) is 0 Å². The lowest BCUT2D eigenvalue weighted by Crippen LogP contribution is -2.47. The van der Waals surface area contributed by atoms with Crippen LogP contribution in [0.5, 0.6) is 0 Å². The molecule has 1 amide bonds. The van der Waals surface area contributed by atoms with E-state index in [0.29, 0.717) is 17.4 Å². The molecule has 10 heteroatoms. The van der Waals surface area contributed by atoms with Crippen molar-refractivity contribution < 1.29 is 37.3 Å². The number of allylic oxidation sites excluding steroid dienone is 13. The highest BCUT2D eigenvalue weighted by Crippen LogP contribution is 2.43. The van der Waals surface area contributed by atoms with Gasteiger partial charge in [-0.2, -0.15) is 0 Å². The van der Waals surface area contributed by atoms with Gasteiger partial charge in [0.2, 0.25) is 5.91 Å². The van der Waals surface area contributed by atoms with Crippen LogP contribution in [-0.4, -0.2) is 74.3 Å². The third-order valence-electron chi connectivity index (χ3n) is 16.8. The number of rotatable bonds is 69. The molecule has 0 aromatic carbocycles. The number of ether oxygens (including phenoxy) is 1. The molecule has 0 rings (SSSR count). The number of likely N-dealkylation sites (N-methyl/N-ethyl adjacent to an activating group) is 1. The molecule has 0 saturated carbocycles. The summed E-state index contributed by atoms with van der Waals surface area (Å²) in [4.78, 5) is 38.0. The number of nitrogens with one attached hydrogen (secondary N) is 1. The van der Waals surface area contributed by atoms with Gasteiger partial charge in [-0.1, -0.05) is 318 Å². The number of amides is 1. The van der Waals surface area contributed by atoms with Crippen LogP contribution in [0.4, 0.5) is 0 Å². The summed E-state index contributed by atoms with van der Waals surface area (Å²) in [5.74, 6) is -0.502. The molecule has 3 atom stereocenters. The molecule has 0 spiro atoms. The van der Waals surface area contributed by atoms with Crippen LogP contribution in [-0.2, 0) is 27.9 Å². The van der Waals surface area contributed by atoms with Gasteiger partial charge >= 0.3 is 13.8 Å². The number of quaternary nitrogens is 1. The van der Waals surface area contributed by atoms with E-state index < -0.39 is 20.0 Å². The summed E-state index contributed by atoms with van der Waals surface area (Å²) in [5, 5.41) is 3.07. The van der Waals surface area contributed by atoms with Gasteiger partial charge in [-0.25, -0.2) is 4.57 Å². The second-order valence-electron chi connectivity index (χ2n) is 26.8. The minimum Gasteiger partial charge on any atom is -0.456 e. The van der Waals surface area contributed by atoms with E-state index >= 15 is 0 Å². The molecule has 0 radical (unpaired) electrons. The molecule has 0 aromatic rings. The zero-order chi connectivity index (χ0) is 64.9. The third kappa shape index (κ3) is 69.4. The summed E-state index contributed by atoms with van der Waals surface area (Å²) in [6.45, 7) is 6.99. The van der Waals surface area contributed by atoms with Crippen molar-refractivity contribution in [2.75, 3.05) is 40.9 Å². The molecular weight excluding hydrogens is 1120 g/mol. The lowest BCUT2D eigenvalue weighted by molar-refractivity contribution is -0.870. The summed E-state index contributed by atoms with van der Waals surface area (Å²) in [7, 11) is 1.50. The van der Waals surface area contributed by atoms with Crippen molar-refractivity contribution in [2.24, 2.45) is 0 Å². The lowest BCUT2D eigenvalue weighted by atomic mass is 10.0. The number of nitrogens with zero attached hydrogens (tertiary/aromatic N) is 1. The van der Waals surface area contributed by atoms with Crippen LogP contribution in [0.1, 0.15) is 355 Å². The number of esters is 1. The van der Waals surface area contributed by atoms with E-state index in [0.717, 1.165) is 96.3 Å². The van der Waals surface area contributed by atoms with E-state index in [-0.39, 0.29) is 31.5 Å². The Morgan fingerprint density at radius 3 is 1.04 bits per heavy atom. The Bertz CT molecular complexity index is 1800. The normalized spacial score (nSPS) is 13.9. The monoisotopic (exact) mass is 1270 g/mol. The predicted molar refractivity (Wildman–Crippen MR) is 388 cm³/mol. The smallest absolute Gasteiger partial charge is 0.456 e. The van der Waals surface area contributed by atoms with Crippen LogP contribution in [0, 0.1) is 0 Å². The highest BCUT2D eigenvalue weighted by atomic mass is 31.2. The quantitative estimate of drug-likeness (QED) is 0.0205. The van der Waals surface area contributed by atoms with Crippen LogP contribution in [0.3, 0.4) is 0 Å². The van der Waals surface area contributed by atoms with Crippen molar-refractivity contribution in [3.05, 3.63) is 85.1 Å². The first-order valence-electron chi connectivity index (χ1n) is 37.9. The Morgan fingerprint density at radius 2 is 0.685 bits per heavy atom. The summed E-state index contributed by atoms with van der Waals surface area (Å²) >= 11 is 0. The Morgan fingerprint density at radius 1 is 0.393 bits per heavy atom. The largest absolute Gasteiger partial charge is 0.472 e. The SMILES string of the molecule is CCCCC/C=C\C/C=C\C/C=C\C/C=C\CCCCCCCCCCCC(=O)NC(COP(=O)(O)OCC[N+](C)(C)C)C(/C=C/CCCCCCCCCCC)OC(=O)CCCCCCCCCCCCCCCCCCC/C=C\C/C=C\CCCCC. The number of carbonyl (C=O) groups is 2. The van der Waals surface area contributed by atoms with Crippen molar-refractivity contribution in [1.82, 2.24) is 5.32 Å². The molecule has 0 bridgehead atoms. The fourth-order valence-corrected chi connectivity index (χ4v) is 11.7. The fraction of sp³-hybridized carbons (Fsp3) is 0.797. The minimum absolute atomic E-state index is 0.0374. The number of phosphoric ester groups is 1. The molecule has 0 aliphatic heterocycles. The van der Waals surface area contributed by atoms with Crippen molar-refractivity contribution >= 4 is 19.7 Å². The fourth-order valence-electron chi connectivity index (χ4n) is 11.0. The van der Waals surface area contributed by atoms with Gasteiger partial charge < -0.3 is 19.4 Å². The third-order valence-corrected chi connectivity index (χ3v) is 17.8. The standard InChI is InChI=1S/C79H145N2O7P/c1-7-10-13-16-19-22-25-27-29-31-33-35-37-39-40-42-44-46-48-50-52-54-57-60-63-66-69-72-79(83)88-77(70-67-64-61-58-55-24-21-18-15-12-9-3)76(75-87-89(84,85)86-74-73-81(4,5)6)80-78(82)71-68-65-62-59-56-53-51-49-47-45-43-41-38-36-34-32-30-28-26-23-20-17-14-11-8-2/h19-20,22-23,27-30,34,36,41,43,67,70,76-77H,7-18,21,24-26,31-33,35,37-40,42,44-66,68-69,71-75H2,1-6H3,(H-,80,82,84,85)/p+1/b22-19-,23-20-,29-27-,30-28-,36-34-,43-41-,70-67+. The molecule has 89 heavy (non-hydrogen) atoms. The van der Waals surface area contributed by atoms with E-state index in [1.807, 2.05) is 33.3 Å². The Kier molecular flexibility index (Phi) is 65.9. The van der Waals surface area contributed by atoms with E-state index in [1.165, 1.54) is 225 Å². The van der Waals surface area contributed by atoms with Gasteiger partial charge in [-0.05, 0) is 109 Å². The molecule has 0 saturated heterocycles. The number of hydrogen-bond acceptors (Lipinski definition) is 6. The zero-order valence-electron chi connectivity index (χ0n) is 59.4. The van der Waals surface area contributed by atoms with E-state index in [4.69, 9.17) is 13.8 Å². The highest BCUT2D eigenvalue weighted by Gasteiger charge is 2.30. The van der Waals surface area contributed by atoms with Gasteiger partial charge in [0.05, 0.1) is 33.8 Å². The molecule has 3 unspecified atom stereocenters. The lowest BCUT2D eigenvalue weighted by Gasteiger charge is -2.27. The van der Waals surface area contributed by atoms with Crippen molar-refractivity contribution in [3.8, 4) is 0 Å². The molecule has 0 aliphatic carbocycles. The first kappa shape index (κ1) is 86.2. The number of phosphoric acid groups is 1. The maximum absolute atomic E-state index is 13.6. The number of hydrogen-bond donors (Lipinski definition) is 2. The first-order chi connectivity index (χ1) is 43.4. The summed E-state index contributed by atoms with van der Waals surface area (Å²) in [5.41, 5.74) is 0. The van der Waals surface area contributed by atoms with Gasteiger partial charge in [0.1, 0.15) is 19.3 Å². The maximum Gasteiger partial charge on any atom is 0.472 e. The number of unbranched alkanes of at least 4 members (excludes halogenated alkanes) is 41. The van der Waals surface area contributed by atoms with Crippen LogP contribution < -0.4 is 5.32 Å². The highest BCUT2D eigenvalue weighted by molar-refractivity contribution is 7.47. The molecule has 9 nitrogen and oxygen atoms in total. The second kappa shape index (κ2) is 68.1. The topological polar surface area (TPSA) is 111 Å². The van der Waals surface area contributed by atoms with Crippen LogP contribution in [0.2, 0.25) is 0 Å². The maximum atomic E-state index is 13.6. The van der Waals surface area contributed by atoms with Gasteiger partial charge in [-0.15, -0.1) is 0 Å². The second-order valence-corrected chi connectivity index (χ2v) is 28.3. The average molecular weight is 1270 g/mol. The predicted octanol–water partition coefficient (Wildman–Crippen LogP) is 24.5. The Labute approximate surface area is 552 Å². The first-order valence-corrected chi connectivity index (χ1v) is 39.4. The minimum atomic E-state index is -4.46. The summed E-state index contributed by atoms with van der Waals surface area (Å²) in [6.07, 6.45) is 91.8. The Hall–Kier alpha value is -2.81. The van der Waals surface area contributed by atoms with Crippen molar-refractivity contribution in [2.45, 2.75) is 367 Å².